The van der Waals surface area contributed by atoms with Crippen LogP contribution in [0.5, 0.6) is 17.2 Å². The fourth-order valence-electron chi connectivity index (χ4n) is 4.97. The summed E-state index contributed by atoms with van der Waals surface area (Å²) in [6.07, 6.45) is 5.51. The second-order valence-electron chi connectivity index (χ2n) is 11.1. The number of hydrogen-bond acceptors (Lipinski definition) is 5. The summed E-state index contributed by atoms with van der Waals surface area (Å²) in [4.78, 5) is 27.5. The highest BCUT2D eigenvalue weighted by atomic mass is 16.5. The quantitative estimate of drug-likeness (QED) is 0.194. The number of hydrogen-bond donors (Lipinski definition) is 3. The molecular weight excluding hydrogens is 528 g/mol. The van der Waals surface area contributed by atoms with Gasteiger partial charge in [-0.3, -0.25) is 9.69 Å². The predicted octanol–water partition coefficient (Wildman–Crippen LogP) is 7.60. The van der Waals surface area contributed by atoms with Gasteiger partial charge in [-0.1, -0.05) is 25.8 Å². The topological polar surface area (TPSA) is 91.9 Å². The van der Waals surface area contributed by atoms with Gasteiger partial charge in [0.15, 0.2) is 0 Å². The molecule has 0 saturated carbocycles. The van der Waals surface area contributed by atoms with Gasteiger partial charge in [-0.15, -0.1) is 0 Å². The zero-order valence-electron chi connectivity index (χ0n) is 25.2. The molecule has 1 aliphatic rings. The Balaban J connectivity index is 1.29. The predicted molar refractivity (Wildman–Crippen MR) is 169 cm³/mol. The minimum atomic E-state index is -0.233. The molecule has 0 spiro atoms. The lowest BCUT2D eigenvalue weighted by Gasteiger charge is -2.35. The van der Waals surface area contributed by atoms with Crippen LogP contribution in [0.25, 0.3) is 0 Å². The van der Waals surface area contributed by atoms with Crippen LogP contribution in [0.3, 0.4) is 0 Å². The number of nitrogens with one attached hydrogen (secondary N) is 3. The molecule has 1 unspecified atom stereocenters. The summed E-state index contributed by atoms with van der Waals surface area (Å²) in [6, 6.07) is 20.4. The average Bonchev–Trinajstić information content (AvgIpc) is 2.97. The Bertz CT molecular complexity index is 1330. The monoisotopic (exact) mass is 572 g/mol. The van der Waals surface area contributed by atoms with Gasteiger partial charge in [0.2, 0.25) is 0 Å². The average molecular weight is 573 g/mol. The zero-order chi connectivity index (χ0) is 29.9. The lowest BCUT2D eigenvalue weighted by atomic mass is 10.1. The maximum atomic E-state index is 12.9. The van der Waals surface area contributed by atoms with Crippen molar-refractivity contribution in [2.24, 2.45) is 0 Å². The van der Waals surface area contributed by atoms with Gasteiger partial charge in [0.1, 0.15) is 23.4 Å². The molecule has 0 aliphatic carbocycles. The van der Waals surface area contributed by atoms with Crippen molar-refractivity contribution in [1.82, 2.24) is 10.2 Å². The molecule has 3 N–H and O–H groups in total. The molecular formula is C34H44N4O4. The van der Waals surface area contributed by atoms with E-state index < -0.39 is 0 Å². The summed E-state index contributed by atoms with van der Waals surface area (Å²) in [7, 11) is 0. The van der Waals surface area contributed by atoms with E-state index in [1.807, 2.05) is 55.5 Å². The lowest BCUT2D eigenvalue weighted by Crippen LogP contribution is -2.44. The molecule has 224 valence electrons. The SMILES string of the molecule is CCCCCNC(=O)Nc1cccc(Oc2ccc(NC(=O)c3ccc(OC4CCCN(C(C)C)C4)cc3)cc2C)c1. The smallest absolute Gasteiger partial charge is 0.319 e. The van der Waals surface area contributed by atoms with Crippen LogP contribution in [0.1, 0.15) is 68.8 Å². The van der Waals surface area contributed by atoms with Gasteiger partial charge in [0, 0.05) is 42.1 Å². The molecule has 3 amide bonds. The molecule has 4 rings (SSSR count). The highest BCUT2D eigenvalue weighted by Gasteiger charge is 2.23. The summed E-state index contributed by atoms with van der Waals surface area (Å²) >= 11 is 0. The summed E-state index contributed by atoms with van der Waals surface area (Å²) in [5.74, 6) is 1.86. The van der Waals surface area contributed by atoms with Gasteiger partial charge in [-0.05, 0) is 107 Å². The molecule has 1 saturated heterocycles. The molecule has 0 aromatic heterocycles. The van der Waals surface area contributed by atoms with Crippen molar-refractivity contribution < 1.29 is 19.1 Å². The third-order valence-electron chi connectivity index (χ3n) is 7.38. The van der Waals surface area contributed by atoms with Gasteiger partial charge in [-0.25, -0.2) is 4.79 Å². The summed E-state index contributed by atoms with van der Waals surface area (Å²) < 4.78 is 12.3. The van der Waals surface area contributed by atoms with E-state index in [0.717, 1.165) is 56.5 Å². The second-order valence-corrected chi connectivity index (χ2v) is 11.1. The molecule has 8 heteroatoms. The van der Waals surface area contributed by atoms with Gasteiger partial charge in [0.25, 0.3) is 5.91 Å². The fraction of sp³-hybridized carbons (Fsp3) is 0.412. The van der Waals surface area contributed by atoms with Crippen LogP contribution < -0.4 is 25.4 Å². The first-order valence-electron chi connectivity index (χ1n) is 15.1. The van der Waals surface area contributed by atoms with Crippen molar-refractivity contribution in [3.8, 4) is 17.2 Å². The van der Waals surface area contributed by atoms with E-state index >= 15 is 0 Å². The summed E-state index contributed by atoms with van der Waals surface area (Å²) in [6.45, 7) is 11.2. The Morgan fingerprint density at radius 2 is 1.74 bits per heavy atom. The number of benzene rings is 3. The van der Waals surface area contributed by atoms with Crippen molar-refractivity contribution in [2.75, 3.05) is 30.3 Å². The Kier molecular flexibility index (Phi) is 11.2. The van der Waals surface area contributed by atoms with E-state index in [-0.39, 0.29) is 18.0 Å². The van der Waals surface area contributed by atoms with E-state index in [1.165, 1.54) is 0 Å². The Morgan fingerprint density at radius 1 is 0.952 bits per heavy atom. The van der Waals surface area contributed by atoms with Crippen LogP contribution in [0.4, 0.5) is 16.2 Å². The van der Waals surface area contributed by atoms with Crippen molar-refractivity contribution in [3.63, 3.8) is 0 Å². The van der Waals surface area contributed by atoms with Crippen LogP contribution in [-0.2, 0) is 0 Å². The molecule has 1 atom stereocenters. The van der Waals surface area contributed by atoms with Crippen LogP contribution >= 0.6 is 0 Å². The second kappa shape index (κ2) is 15.3. The van der Waals surface area contributed by atoms with E-state index in [0.29, 0.717) is 41.0 Å². The number of rotatable bonds is 12. The van der Waals surface area contributed by atoms with Crippen LogP contribution in [-0.4, -0.2) is 48.6 Å². The van der Waals surface area contributed by atoms with E-state index in [1.54, 1.807) is 18.2 Å². The number of piperidine rings is 1. The molecule has 1 fully saturated rings. The number of anilines is 2. The standard InChI is InChI=1S/C34H44N4O4/c1-5-6-7-19-35-34(40)37-27-10-8-11-30(22-27)42-32-18-15-28(21-25(32)4)36-33(39)26-13-16-29(17-14-26)41-31-12-9-20-38(23-31)24(2)3/h8,10-11,13-18,21-22,24,31H,5-7,9,12,19-20,23H2,1-4H3,(H,36,39)(H2,35,37,40). The Labute approximate surface area is 249 Å². The first-order chi connectivity index (χ1) is 20.3. The van der Waals surface area contributed by atoms with E-state index in [2.05, 4.69) is 41.6 Å². The Morgan fingerprint density at radius 3 is 2.48 bits per heavy atom. The molecule has 0 bridgehead atoms. The van der Waals surface area contributed by atoms with Gasteiger partial charge >= 0.3 is 6.03 Å². The number of ether oxygens (including phenoxy) is 2. The molecule has 3 aromatic rings. The minimum Gasteiger partial charge on any atom is -0.489 e. The van der Waals surface area contributed by atoms with Gasteiger partial charge in [-0.2, -0.15) is 0 Å². The summed E-state index contributed by atoms with van der Waals surface area (Å²) in [5, 5.41) is 8.68. The first-order valence-corrected chi connectivity index (χ1v) is 15.1. The van der Waals surface area contributed by atoms with Crippen LogP contribution in [0.2, 0.25) is 0 Å². The maximum Gasteiger partial charge on any atom is 0.319 e. The number of carbonyl (C=O) groups is 2. The third-order valence-corrected chi connectivity index (χ3v) is 7.38. The number of likely N-dealkylation sites (tertiary alicyclic amines) is 1. The number of carbonyl (C=O) groups excluding carboxylic acids is 2. The molecule has 1 heterocycles. The van der Waals surface area contributed by atoms with E-state index in [9.17, 15) is 9.59 Å². The molecule has 0 radical (unpaired) electrons. The molecule has 42 heavy (non-hydrogen) atoms. The number of aryl methyl sites for hydroxylation is 1. The lowest BCUT2D eigenvalue weighted by molar-refractivity contribution is 0.0706. The first kappa shape index (κ1) is 30.9. The maximum absolute atomic E-state index is 12.9. The highest BCUT2D eigenvalue weighted by Crippen LogP contribution is 2.29. The highest BCUT2D eigenvalue weighted by molar-refractivity contribution is 6.04. The van der Waals surface area contributed by atoms with Crippen molar-refractivity contribution in [1.29, 1.82) is 0 Å². The molecule has 3 aromatic carbocycles. The molecule has 8 nitrogen and oxygen atoms in total. The fourth-order valence-corrected chi connectivity index (χ4v) is 4.97. The van der Waals surface area contributed by atoms with Crippen molar-refractivity contribution >= 4 is 23.3 Å². The van der Waals surface area contributed by atoms with E-state index in [4.69, 9.17) is 9.47 Å². The molecule has 1 aliphatic heterocycles. The number of nitrogens with zero attached hydrogens (tertiary/aromatic N) is 1. The van der Waals surface area contributed by atoms with Gasteiger partial charge in [0.05, 0.1) is 0 Å². The summed E-state index contributed by atoms with van der Waals surface area (Å²) in [5.41, 5.74) is 2.75. The zero-order valence-corrected chi connectivity index (χ0v) is 25.2. The van der Waals surface area contributed by atoms with Crippen LogP contribution in [0, 0.1) is 6.92 Å². The Hall–Kier alpha value is -4.04. The number of unbranched alkanes of at least 4 members (excludes halogenated alkanes) is 2. The number of amides is 3. The normalized spacial score (nSPS) is 15.2. The largest absolute Gasteiger partial charge is 0.489 e. The third kappa shape index (κ3) is 9.24. The van der Waals surface area contributed by atoms with Crippen molar-refractivity contribution in [2.45, 2.75) is 71.9 Å². The minimum absolute atomic E-state index is 0.170. The van der Waals surface area contributed by atoms with Crippen molar-refractivity contribution in [3.05, 3.63) is 77.9 Å². The number of urea groups is 1. The van der Waals surface area contributed by atoms with Gasteiger partial charge < -0.3 is 25.4 Å². The van der Waals surface area contributed by atoms with Crippen LogP contribution in [0.15, 0.2) is 66.7 Å².